The molecule has 2 heterocycles. The summed E-state index contributed by atoms with van der Waals surface area (Å²) in [5.41, 5.74) is -2.00. The van der Waals surface area contributed by atoms with Gasteiger partial charge in [0.05, 0.1) is 28.5 Å². The molecule has 2 aromatic heterocycles. The Hall–Kier alpha value is -3.50. The third kappa shape index (κ3) is 3.82. The third-order valence-corrected chi connectivity index (χ3v) is 5.00. The molecule has 31 heavy (non-hydrogen) atoms. The van der Waals surface area contributed by atoms with E-state index in [9.17, 15) is 24.6 Å². The second-order valence-electron chi connectivity index (χ2n) is 6.38. The van der Waals surface area contributed by atoms with Crippen LogP contribution < -0.4 is 21.3 Å². The van der Waals surface area contributed by atoms with Gasteiger partial charge >= 0.3 is 5.69 Å². The minimum atomic E-state index is -1.04. The highest BCUT2D eigenvalue weighted by Gasteiger charge is 2.24. The Bertz CT molecular complexity index is 1330. The number of phenols is 1. The number of pyridine rings is 1. The van der Waals surface area contributed by atoms with Crippen LogP contribution in [0.1, 0.15) is 10.4 Å². The molecule has 12 heteroatoms. The highest BCUT2D eigenvalue weighted by atomic mass is 35.5. The molecule has 3 rings (SSSR count). The maximum atomic E-state index is 12.7. The van der Waals surface area contributed by atoms with Crippen molar-refractivity contribution in [1.82, 2.24) is 14.1 Å². The van der Waals surface area contributed by atoms with Crippen LogP contribution in [0, 0.1) is 0 Å². The van der Waals surface area contributed by atoms with Crippen molar-refractivity contribution in [1.29, 1.82) is 0 Å². The molecule has 1 aromatic carbocycles. The van der Waals surface area contributed by atoms with Crippen LogP contribution in [-0.2, 0) is 14.1 Å². The van der Waals surface area contributed by atoms with Gasteiger partial charge in [-0.25, -0.2) is 4.79 Å². The molecule has 0 unspecified atom stereocenters. The number of ether oxygens (including phenoxy) is 1. The minimum absolute atomic E-state index is 0.0490. The van der Waals surface area contributed by atoms with E-state index in [4.69, 9.17) is 27.9 Å². The van der Waals surface area contributed by atoms with Gasteiger partial charge in [-0.2, -0.15) is 0 Å². The zero-order chi connectivity index (χ0) is 23.0. The predicted octanol–water partition coefficient (Wildman–Crippen LogP) is 2.12. The van der Waals surface area contributed by atoms with E-state index < -0.39 is 34.3 Å². The van der Waals surface area contributed by atoms with Crippen LogP contribution in [0.5, 0.6) is 17.4 Å². The van der Waals surface area contributed by atoms with Crippen molar-refractivity contribution in [2.45, 2.75) is 0 Å². The SMILES string of the molecule is COc1c(-c2ncc(Cl)cc2Cl)ccc(NC(=O)c2c(O)n(C)c(=O)n(C)c2=O)c1O. The smallest absolute Gasteiger partial charge is 0.333 e. The summed E-state index contributed by atoms with van der Waals surface area (Å²) in [5, 5.41) is 23.6. The molecule has 162 valence electrons. The topological polar surface area (TPSA) is 136 Å². The van der Waals surface area contributed by atoms with Gasteiger partial charge in [-0.05, 0) is 18.2 Å². The van der Waals surface area contributed by atoms with Crippen LogP contribution in [-0.4, -0.2) is 37.3 Å². The Labute approximate surface area is 184 Å². The Morgan fingerprint density at radius 1 is 1.16 bits per heavy atom. The highest BCUT2D eigenvalue weighted by molar-refractivity contribution is 6.36. The lowest BCUT2D eigenvalue weighted by atomic mass is 10.1. The first kappa shape index (κ1) is 22.2. The van der Waals surface area contributed by atoms with Gasteiger partial charge in [-0.15, -0.1) is 0 Å². The molecule has 0 atom stereocenters. The first-order valence-electron chi connectivity index (χ1n) is 8.60. The number of aromatic hydroxyl groups is 2. The van der Waals surface area contributed by atoms with Crippen LogP contribution in [0.15, 0.2) is 34.0 Å². The van der Waals surface area contributed by atoms with E-state index in [1.54, 1.807) is 0 Å². The molecule has 0 spiro atoms. The zero-order valence-electron chi connectivity index (χ0n) is 16.4. The lowest BCUT2D eigenvalue weighted by Crippen LogP contribution is -2.40. The van der Waals surface area contributed by atoms with Crippen molar-refractivity contribution in [3.63, 3.8) is 0 Å². The normalized spacial score (nSPS) is 10.7. The molecule has 0 saturated carbocycles. The molecule has 0 aliphatic heterocycles. The van der Waals surface area contributed by atoms with Gasteiger partial charge in [0.15, 0.2) is 17.1 Å². The number of nitrogens with one attached hydrogen (secondary N) is 1. The summed E-state index contributed by atoms with van der Waals surface area (Å²) in [7, 11) is 3.66. The molecule has 0 saturated heterocycles. The van der Waals surface area contributed by atoms with Gasteiger partial charge in [0.25, 0.3) is 11.5 Å². The predicted molar refractivity (Wildman–Crippen MR) is 114 cm³/mol. The Kier molecular flexibility index (Phi) is 5.96. The quantitative estimate of drug-likeness (QED) is 0.500. The largest absolute Gasteiger partial charge is 0.503 e. The zero-order valence-corrected chi connectivity index (χ0v) is 17.9. The van der Waals surface area contributed by atoms with Crippen LogP contribution in [0.25, 0.3) is 11.3 Å². The van der Waals surface area contributed by atoms with Crippen molar-refractivity contribution in [2.75, 3.05) is 12.4 Å². The summed E-state index contributed by atoms with van der Waals surface area (Å²) in [4.78, 5) is 41.0. The van der Waals surface area contributed by atoms with Crippen LogP contribution in [0.2, 0.25) is 10.0 Å². The van der Waals surface area contributed by atoms with Gasteiger partial charge in [0.2, 0.25) is 5.88 Å². The van der Waals surface area contributed by atoms with Crippen LogP contribution in [0.3, 0.4) is 0 Å². The van der Waals surface area contributed by atoms with E-state index in [1.807, 2.05) is 0 Å². The lowest BCUT2D eigenvalue weighted by molar-refractivity contribution is 0.102. The van der Waals surface area contributed by atoms with Crippen molar-refractivity contribution in [3.8, 4) is 28.6 Å². The standard InChI is InChI=1S/C19H16Cl2N4O6/c1-24-17(28)12(18(29)25(2)19(24)30)16(27)23-11-5-4-9(15(31-3)14(11)26)13-10(21)6-8(20)7-22-13/h4-7,26,28H,1-3H3,(H,23,27). The van der Waals surface area contributed by atoms with Gasteiger partial charge in [-0.3, -0.25) is 23.7 Å². The van der Waals surface area contributed by atoms with E-state index >= 15 is 0 Å². The van der Waals surface area contributed by atoms with Gasteiger partial charge in [0, 0.05) is 25.9 Å². The number of carbonyl (C=O) groups excluding carboxylic acids is 1. The van der Waals surface area contributed by atoms with Gasteiger partial charge in [0.1, 0.15) is 0 Å². The number of nitrogens with zero attached hydrogens (tertiary/aromatic N) is 3. The fourth-order valence-electron chi connectivity index (χ4n) is 2.89. The van der Waals surface area contributed by atoms with Crippen molar-refractivity contribution in [3.05, 3.63) is 60.8 Å². The van der Waals surface area contributed by atoms with E-state index in [1.165, 1.54) is 45.6 Å². The number of rotatable bonds is 4. The average molecular weight is 467 g/mol. The molecule has 0 aliphatic carbocycles. The summed E-state index contributed by atoms with van der Waals surface area (Å²) in [5.74, 6) is -2.37. The lowest BCUT2D eigenvalue weighted by Gasteiger charge is -2.15. The molecular weight excluding hydrogens is 451 g/mol. The Morgan fingerprint density at radius 3 is 2.45 bits per heavy atom. The molecule has 3 N–H and O–H groups in total. The minimum Gasteiger partial charge on any atom is -0.503 e. The first-order valence-corrected chi connectivity index (χ1v) is 9.35. The van der Waals surface area contributed by atoms with Crippen LogP contribution >= 0.6 is 23.2 Å². The molecule has 3 aromatic rings. The molecule has 0 fully saturated rings. The summed E-state index contributed by atoms with van der Waals surface area (Å²) >= 11 is 12.0. The van der Waals surface area contributed by atoms with Crippen molar-refractivity contribution >= 4 is 34.8 Å². The summed E-state index contributed by atoms with van der Waals surface area (Å²) in [6.45, 7) is 0. The summed E-state index contributed by atoms with van der Waals surface area (Å²) in [6.07, 6.45) is 1.37. The number of hydrogen-bond donors (Lipinski definition) is 3. The number of carbonyl (C=O) groups is 1. The number of halogens is 2. The monoisotopic (exact) mass is 466 g/mol. The second kappa shape index (κ2) is 8.32. The molecule has 0 bridgehead atoms. The fourth-order valence-corrected chi connectivity index (χ4v) is 3.38. The van der Waals surface area contributed by atoms with E-state index in [-0.39, 0.29) is 22.2 Å². The molecule has 0 aliphatic rings. The summed E-state index contributed by atoms with van der Waals surface area (Å²) < 4.78 is 6.67. The fraction of sp³-hybridized carbons (Fsp3) is 0.158. The molecule has 10 nitrogen and oxygen atoms in total. The van der Waals surface area contributed by atoms with E-state index in [2.05, 4.69) is 10.3 Å². The number of hydrogen-bond acceptors (Lipinski definition) is 7. The Morgan fingerprint density at radius 2 is 1.84 bits per heavy atom. The maximum absolute atomic E-state index is 12.7. The number of methoxy groups -OCH3 is 1. The number of aromatic nitrogens is 3. The Balaban J connectivity index is 2.07. The number of anilines is 1. The summed E-state index contributed by atoms with van der Waals surface area (Å²) in [6, 6.07) is 4.28. The highest BCUT2D eigenvalue weighted by Crippen LogP contribution is 2.43. The van der Waals surface area contributed by atoms with Crippen molar-refractivity contribution in [2.24, 2.45) is 14.1 Å². The number of phenolic OH excluding ortho intramolecular Hbond substituents is 1. The van der Waals surface area contributed by atoms with Gasteiger partial charge < -0.3 is 20.3 Å². The molecule has 0 radical (unpaired) electrons. The maximum Gasteiger partial charge on any atom is 0.333 e. The third-order valence-electron chi connectivity index (χ3n) is 4.51. The molecule has 1 amide bonds. The first-order chi connectivity index (χ1) is 14.6. The van der Waals surface area contributed by atoms with Crippen molar-refractivity contribution < 1.29 is 19.7 Å². The van der Waals surface area contributed by atoms with E-state index in [0.29, 0.717) is 15.2 Å². The van der Waals surface area contributed by atoms with E-state index in [0.717, 1.165) is 4.57 Å². The average Bonchev–Trinajstić information content (AvgIpc) is 2.72. The van der Waals surface area contributed by atoms with Gasteiger partial charge in [-0.1, -0.05) is 23.2 Å². The number of amides is 1. The van der Waals surface area contributed by atoms with Crippen LogP contribution in [0.4, 0.5) is 5.69 Å². The molecular formula is C19H16Cl2N4O6. The number of benzene rings is 1. The second-order valence-corrected chi connectivity index (χ2v) is 7.23.